The molecular weight excluding hydrogens is 524 g/mol. The second-order valence-electron chi connectivity index (χ2n) is 13.3. The van der Waals surface area contributed by atoms with Crippen LogP contribution in [0.2, 0.25) is 0 Å². The smallest absolute Gasteiger partial charge is 0.0726 e. The number of benzene rings is 2. The summed E-state index contributed by atoms with van der Waals surface area (Å²) in [7, 11) is 0. The molecule has 7 rings (SSSR count). The lowest BCUT2D eigenvalue weighted by atomic mass is 9.70. The Balaban J connectivity index is 0.895. The number of aryl methyl sites for hydroxylation is 1. The van der Waals surface area contributed by atoms with Gasteiger partial charge in [-0.3, -0.25) is 9.97 Å². The molecule has 0 amide bonds. The first-order chi connectivity index (χ1) is 21.3. The highest BCUT2D eigenvalue weighted by Gasteiger charge is 2.33. The lowest BCUT2D eigenvalue weighted by Crippen LogP contribution is -2.25. The van der Waals surface area contributed by atoms with E-state index in [1.165, 1.54) is 122 Å². The van der Waals surface area contributed by atoms with E-state index in [1.54, 1.807) is 5.57 Å². The molecule has 0 saturated carbocycles. The van der Waals surface area contributed by atoms with Crippen molar-refractivity contribution >= 4 is 33.2 Å². The molecule has 4 aromatic rings. The van der Waals surface area contributed by atoms with Crippen molar-refractivity contribution in [1.82, 2.24) is 9.97 Å². The third kappa shape index (κ3) is 6.03. The van der Waals surface area contributed by atoms with Crippen LogP contribution < -0.4 is 10.6 Å². The van der Waals surface area contributed by atoms with Gasteiger partial charge in [0.05, 0.1) is 11.0 Å². The fraction of sp³-hybridized carbons (Fsp3) is 0.487. The van der Waals surface area contributed by atoms with Crippen LogP contribution >= 0.6 is 0 Å². The molecule has 2 heterocycles. The highest BCUT2D eigenvalue weighted by Crippen LogP contribution is 2.48. The molecule has 3 aliphatic rings. The van der Waals surface area contributed by atoms with Crippen LogP contribution in [0.5, 0.6) is 0 Å². The molecule has 0 fully saturated rings. The van der Waals surface area contributed by atoms with Crippen molar-refractivity contribution in [3.63, 3.8) is 0 Å². The van der Waals surface area contributed by atoms with Crippen molar-refractivity contribution in [2.45, 2.75) is 103 Å². The second-order valence-corrected chi connectivity index (χ2v) is 13.3. The summed E-state index contributed by atoms with van der Waals surface area (Å²) in [6.07, 6.45) is 19.9. The molecule has 2 unspecified atom stereocenters. The average molecular weight is 573 g/mol. The molecule has 0 saturated heterocycles. The lowest BCUT2D eigenvalue weighted by Gasteiger charge is -2.36. The maximum absolute atomic E-state index is 5.18. The minimum absolute atomic E-state index is 0.623. The molecule has 2 N–H and O–H groups in total. The summed E-state index contributed by atoms with van der Waals surface area (Å²) in [5.74, 6) is 1.30. The monoisotopic (exact) mass is 572 g/mol. The quantitative estimate of drug-likeness (QED) is 0.131. The summed E-state index contributed by atoms with van der Waals surface area (Å²) in [5, 5.41) is 10.4. The number of para-hydroxylation sites is 2. The van der Waals surface area contributed by atoms with Crippen molar-refractivity contribution in [3.05, 3.63) is 82.7 Å². The van der Waals surface area contributed by atoms with Gasteiger partial charge in [0.15, 0.2) is 0 Å². The molecule has 0 radical (unpaired) electrons. The van der Waals surface area contributed by atoms with Crippen LogP contribution in [0.25, 0.3) is 21.8 Å². The van der Waals surface area contributed by atoms with Gasteiger partial charge in [-0.15, -0.1) is 0 Å². The van der Waals surface area contributed by atoms with Crippen LogP contribution in [0, 0.1) is 5.92 Å². The topological polar surface area (TPSA) is 49.8 Å². The molecule has 0 aliphatic heterocycles. The summed E-state index contributed by atoms with van der Waals surface area (Å²) in [6.45, 7) is 4.42. The van der Waals surface area contributed by atoms with Gasteiger partial charge in [-0.25, -0.2) is 0 Å². The minimum Gasteiger partial charge on any atom is -0.384 e. The number of pyridine rings is 2. The van der Waals surface area contributed by atoms with E-state index in [0.29, 0.717) is 11.8 Å². The van der Waals surface area contributed by atoms with Gasteiger partial charge in [0, 0.05) is 52.2 Å². The van der Waals surface area contributed by atoms with Gasteiger partial charge in [0.1, 0.15) is 0 Å². The zero-order valence-corrected chi connectivity index (χ0v) is 26.1. The molecule has 2 atom stereocenters. The van der Waals surface area contributed by atoms with E-state index >= 15 is 0 Å². The average Bonchev–Trinajstić information content (AvgIpc) is 3.04. The van der Waals surface area contributed by atoms with Crippen molar-refractivity contribution in [2.24, 2.45) is 5.92 Å². The third-order valence-corrected chi connectivity index (χ3v) is 10.3. The van der Waals surface area contributed by atoms with E-state index in [4.69, 9.17) is 9.97 Å². The Labute approximate surface area is 257 Å². The summed E-state index contributed by atoms with van der Waals surface area (Å²) in [6, 6.07) is 17.4. The lowest BCUT2D eigenvalue weighted by molar-refractivity contribution is 0.429. The summed E-state index contributed by atoms with van der Waals surface area (Å²) < 4.78 is 0. The van der Waals surface area contributed by atoms with Gasteiger partial charge in [-0.2, -0.15) is 0 Å². The normalized spacial score (nSPS) is 19.1. The molecule has 224 valence electrons. The molecule has 2 bridgehead atoms. The number of hydrogen-bond donors (Lipinski definition) is 2. The summed E-state index contributed by atoms with van der Waals surface area (Å²) >= 11 is 0. The number of allylic oxidation sites excluding steroid dienone is 2. The Bertz CT molecular complexity index is 1620. The maximum Gasteiger partial charge on any atom is 0.0726 e. The van der Waals surface area contributed by atoms with Gasteiger partial charge < -0.3 is 10.6 Å². The number of aromatic nitrogens is 2. The van der Waals surface area contributed by atoms with Crippen LogP contribution in [0.3, 0.4) is 0 Å². The van der Waals surface area contributed by atoms with E-state index in [-0.39, 0.29) is 0 Å². The Hall–Kier alpha value is -3.40. The van der Waals surface area contributed by atoms with Crippen molar-refractivity contribution in [2.75, 3.05) is 23.7 Å². The molecule has 4 heteroatoms. The molecule has 4 nitrogen and oxygen atoms in total. The zero-order valence-electron chi connectivity index (χ0n) is 26.1. The molecule has 2 aromatic heterocycles. The molecule has 43 heavy (non-hydrogen) atoms. The highest BCUT2D eigenvalue weighted by atomic mass is 14.9. The minimum atomic E-state index is 0.623. The van der Waals surface area contributed by atoms with E-state index in [0.717, 1.165) is 37.0 Å². The standard InChI is InChI=1S/C39H48N4/c1-2-27-23-28-25-29(24-27)37-36(26-28)43-35-20-12-9-17-32(35)39(37)41-22-14-6-4-3-5-13-21-40-38-30-15-7-10-18-33(30)42-34-19-11-8-16-31(34)38/h7,9-10,12,15,17-18,20,23,28-29H,2-6,8,11,13-14,16,19,21-22,24-26H2,1H3,(H,40,42)(H,41,43). The fourth-order valence-electron chi connectivity index (χ4n) is 8.13. The Morgan fingerprint density at radius 2 is 1.33 bits per heavy atom. The Morgan fingerprint density at radius 3 is 2.07 bits per heavy atom. The molecule has 2 aromatic carbocycles. The van der Waals surface area contributed by atoms with Gasteiger partial charge in [-0.1, -0.05) is 80.7 Å². The SMILES string of the molecule is CCC1=CC2Cc3nc4ccccc4c(NCCCCCCCCNc4c5c(nc6ccccc46)CCCC5)c3C(C1)C2. The van der Waals surface area contributed by atoms with Crippen LogP contribution in [-0.4, -0.2) is 23.1 Å². The van der Waals surface area contributed by atoms with E-state index in [1.807, 2.05) is 0 Å². The number of hydrogen-bond acceptors (Lipinski definition) is 4. The first-order valence-electron chi connectivity index (χ1n) is 17.3. The van der Waals surface area contributed by atoms with Gasteiger partial charge in [0.2, 0.25) is 0 Å². The van der Waals surface area contributed by atoms with Crippen LogP contribution in [0.4, 0.5) is 11.4 Å². The molecule has 3 aliphatic carbocycles. The number of rotatable bonds is 12. The Morgan fingerprint density at radius 1 is 0.698 bits per heavy atom. The predicted molar refractivity (Wildman–Crippen MR) is 182 cm³/mol. The summed E-state index contributed by atoms with van der Waals surface area (Å²) in [5.41, 5.74) is 12.4. The summed E-state index contributed by atoms with van der Waals surface area (Å²) in [4.78, 5) is 10.2. The number of anilines is 2. The van der Waals surface area contributed by atoms with Crippen molar-refractivity contribution in [3.8, 4) is 0 Å². The van der Waals surface area contributed by atoms with Gasteiger partial charge in [0.25, 0.3) is 0 Å². The number of nitrogens with zero attached hydrogens (tertiary/aromatic N) is 2. The first kappa shape index (κ1) is 28.4. The van der Waals surface area contributed by atoms with Crippen LogP contribution in [0.1, 0.15) is 106 Å². The zero-order chi connectivity index (χ0) is 29.0. The van der Waals surface area contributed by atoms with E-state index < -0.39 is 0 Å². The molecule has 0 spiro atoms. The highest BCUT2D eigenvalue weighted by molar-refractivity contribution is 5.94. The first-order valence-corrected chi connectivity index (χ1v) is 17.3. The van der Waals surface area contributed by atoms with Crippen LogP contribution in [0.15, 0.2) is 60.2 Å². The van der Waals surface area contributed by atoms with E-state index in [9.17, 15) is 0 Å². The Kier molecular flexibility index (Phi) is 8.63. The maximum atomic E-state index is 5.18. The largest absolute Gasteiger partial charge is 0.384 e. The predicted octanol–water partition coefficient (Wildman–Crippen LogP) is 9.91. The second kappa shape index (κ2) is 13.1. The van der Waals surface area contributed by atoms with Crippen LogP contribution in [-0.2, 0) is 19.3 Å². The van der Waals surface area contributed by atoms with Crippen molar-refractivity contribution < 1.29 is 0 Å². The van der Waals surface area contributed by atoms with Gasteiger partial charge >= 0.3 is 0 Å². The third-order valence-electron chi connectivity index (χ3n) is 10.3. The molecular formula is C39H48N4. The number of unbranched alkanes of at least 4 members (excludes halogenated alkanes) is 5. The number of nitrogens with one attached hydrogen (secondary N) is 2. The van der Waals surface area contributed by atoms with Gasteiger partial charge in [-0.05, 0) is 93.7 Å². The number of fused-ring (bicyclic) bond motifs is 7. The fourth-order valence-corrected chi connectivity index (χ4v) is 8.13. The van der Waals surface area contributed by atoms with Crippen molar-refractivity contribution in [1.29, 1.82) is 0 Å². The van der Waals surface area contributed by atoms with E-state index in [2.05, 4.69) is 72.2 Å².